The third-order valence-corrected chi connectivity index (χ3v) is 6.33. The molecule has 2 N–H and O–H groups in total. The summed E-state index contributed by atoms with van der Waals surface area (Å²) in [4.78, 5) is 2.85. The Morgan fingerprint density at radius 3 is 2.37 bits per heavy atom. The highest BCUT2D eigenvalue weighted by Crippen LogP contribution is 2.30. The molecule has 0 amide bonds. The molecule has 0 aliphatic carbocycles. The first-order chi connectivity index (χ1) is 12.6. The van der Waals surface area contributed by atoms with Gasteiger partial charge in [-0.2, -0.15) is 22.1 Å². The summed E-state index contributed by atoms with van der Waals surface area (Å²) in [5.74, 6) is 0. The lowest BCUT2D eigenvalue weighted by Gasteiger charge is -2.06. The summed E-state index contributed by atoms with van der Waals surface area (Å²) in [6.45, 7) is 0. The van der Waals surface area contributed by atoms with Crippen LogP contribution in [-0.2, 0) is 20.2 Å². The van der Waals surface area contributed by atoms with Gasteiger partial charge in [-0.15, -0.1) is 11.3 Å². The molecule has 0 atom stereocenters. The monoisotopic (exact) mass is 422 g/mol. The van der Waals surface area contributed by atoms with E-state index in [1.807, 2.05) is 18.2 Å². The summed E-state index contributed by atoms with van der Waals surface area (Å²) in [6.07, 6.45) is 1.18. The van der Waals surface area contributed by atoms with Gasteiger partial charge in [0.05, 0.1) is 20.7 Å². The van der Waals surface area contributed by atoms with Crippen LogP contribution in [0.2, 0.25) is 0 Å². The second-order valence-corrected chi connectivity index (χ2v) is 9.15. The van der Waals surface area contributed by atoms with E-state index in [1.165, 1.54) is 17.4 Å². The molecule has 138 valence electrons. The highest BCUT2D eigenvalue weighted by molar-refractivity contribution is 7.86. The Morgan fingerprint density at radius 2 is 1.78 bits per heavy atom. The van der Waals surface area contributed by atoms with Gasteiger partial charge in [0.15, 0.2) is 0 Å². The topological polar surface area (TPSA) is 145 Å². The van der Waals surface area contributed by atoms with Gasteiger partial charge in [0.2, 0.25) is 0 Å². The minimum atomic E-state index is -4.82. The third kappa shape index (κ3) is 4.05. The minimum absolute atomic E-state index is 0.0284. The molecule has 0 unspecified atom stereocenters. The van der Waals surface area contributed by atoms with Gasteiger partial charge in [0, 0.05) is 0 Å². The van der Waals surface area contributed by atoms with Crippen LogP contribution in [-0.4, -0.2) is 30.9 Å². The molecule has 0 aliphatic heterocycles. The number of benzene rings is 2. The van der Waals surface area contributed by atoms with Crippen LogP contribution in [0.25, 0.3) is 21.9 Å². The van der Waals surface area contributed by atoms with E-state index >= 15 is 0 Å². The van der Waals surface area contributed by atoms with Crippen LogP contribution in [0, 0.1) is 11.3 Å². The Hall–Kier alpha value is -2.62. The molecule has 0 saturated heterocycles. The molecule has 0 aliphatic rings. The van der Waals surface area contributed by atoms with Crippen LogP contribution in [0.1, 0.15) is 10.6 Å². The average Bonchev–Trinajstić information content (AvgIpc) is 3.01. The number of nitriles is 1. The number of allylic oxidation sites excluding steroid dienone is 1. The number of nitrogens with zero attached hydrogens (tertiary/aromatic N) is 2. The molecule has 0 bridgehead atoms. The van der Waals surface area contributed by atoms with Gasteiger partial charge in [0.1, 0.15) is 16.0 Å². The molecule has 3 rings (SSSR count). The number of hydrogen-bond acceptors (Lipinski definition) is 7. The largest absolute Gasteiger partial charge is 0.295 e. The number of rotatable bonds is 4. The highest BCUT2D eigenvalue weighted by Gasteiger charge is 2.20. The van der Waals surface area contributed by atoms with Crippen molar-refractivity contribution in [2.75, 3.05) is 0 Å². The fourth-order valence-electron chi connectivity index (χ4n) is 2.30. The van der Waals surface area contributed by atoms with Gasteiger partial charge in [-0.1, -0.05) is 18.2 Å². The van der Waals surface area contributed by atoms with E-state index in [-0.39, 0.29) is 11.1 Å². The number of aromatic nitrogens is 1. The summed E-state index contributed by atoms with van der Waals surface area (Å²) in [6, 6.07) is 11.7. The standard InChI is InChI=1S/C16H10N2O6S3/c17-9-11(16-18-13-3-1-2-4-14(13)25-16)7-10-5-6-12(26(19,20)21)8-15(10)27(22,23)24/h1-8H,(H,19,20,21)(H,22,23,24)/b11-7+. The maximum Gasteiger partial charge on any atom is 0.295 e. The molecule has 2 aromatic carbocycles. The van der Waals surface area contributed by atoms with Crippen LogP contribution in [0.15, 0.2) is 52.3 Å². The van der Waals surface area contributed by atoms with Crippen LogP contribution in [0.3, 0.4) is 0 Å². The third-order valence-electron chi connectivity index (χ3n) is 3.51. The summed E-state index contributed by atoms with van der Waals surface area (Å²) in [7, 11) is -9.50. The van der Waals surface area contributed by atoms with Gasteiger partial charge in [0.25, 0.3) is 20.2 Å². The van der Waals surface area contributed by atoms with E-state index < -0.39 is 30.0 Å². The molecule has 27 heavy (non-hydrogen) atoms. The maximum atomic E-state index is 11.6. The first-order valence-corrected chi connectivity index (χ1v) is 10.9. The van der Waals surface area contributed by atoms with E-state index in [2.05, 4.69) is 4.98 Å². The molecule has 8 nitrogen and oxygen atoms in total. The Balaban J connectivity index is 2.21. The molecule has 0 spiro atoms. The van der Waals surface area contributed by atoms with Crippen molar-refractivity contribution in [1.29, 1.82) is 5.26 Å². The predicted octanol–water partition coefficient (Wildman–Crippen LogP) is 2.85. The molecule has 1 aromatic heterocycles. The molecular weight excluding hydrogens is 412 g/mol. The predicted molar refractivity (Wildman–Crippen MR) is 99.2 cm³/mol. The van der Waals surface area contributed by atoms with Crippen molar-refractivity contribution in [3.63, 3.8) is 0 Å². The fourth-order valence-corrected chi connectivity index (χ4v) is 4.52. The van der Waals surface area contributed by atoms with Gasteiger partial charge < -0.3 is 0 Å². The van der Waals surface area contributed by atoms with Crippen molar-refractivity contribution in [2.45, 2.75) is 9.79 Å². The van der Waals surface area contributed by atoms with E-state index in [0.29, 0.717) is 16.6 Å². The molecular formula is C16H10N2O6S3. The van der Waals surface area contributed by atoms with Crippen molar-refractivity contribution in [3.05, 3.63) is 53.0 Å². The first-order valence-electron chi connectivity index (χ1n) is 7.16. The molecule has 3 aromatic rings. The number of fused-ring (bicyclic) bond motifs is 1. The Labute approximate surface area is 158 Å². The molecule has 11 heteroatoms. The van der Waals surface area contributed by atoms with Crippen LogP contribution in [0.4, 0.5) is 0 Å². The first kappa shape index (κ1) is 19.2. The van der Waals surface area contributed by atoms with E-state index in [0.717, 1.165) is 16.8 Å². The molecule has 0 radical (unpaired) electrons. The summed E-state index contributed by atoms with van der Waals surface area (Å²) in [5, 5.41) is 9.78. The minimum Gasteiger partial charge on any atom is -0.282 e. The quantitative estimate of drug-likeness (QED) is 0.482. The maximum absolute atomic E-state index is 11.6. The van der Waals surface area contributed by atoms with E-state index in [1.54, 1.807) is 12.1 Å². The molecule has 0 fully saturated rings. The van der Waals surface area contributed by atoms with Gasteiger partial charge >= 0.3 is 0 Å². The lowest BCUT2D eigenvalue weighted by molar-refractivity contribution is 0.481. The number of para-hydroxylation sites is 1. The summed E-state index contributed by atoms with van der Waals surface area (Å²) < 4.78 is 65.0. The Morgan fingerprint density at radius 1 is 1.07 bits per heavy atom. The Kier molecular flexibility index (Phi) is 4.85. The van der Waals surface area contributed by atoms with E-state index in [4.69, 9.17) is 4.55 Å². The van der Waals surface area contributed by atoms with Crippen LogP contribution >= 0.6 is 11.3 Å². The molecule has 1 heterocycles. The normalized spacial score (nSPS) is 12.9. The van der Waals surface area contributed by atoms with Gasteiger partial charge in [-0.05, 0) is 35.9 Å². The summed E-state index contributed by atoms with van der Waals surface area (Å²) in [5.41, 5.74) is 0.566. The lowest BCUT2D eigenvalue weighted by atomic mass is 10.1. The number of thiazole rings is 1. The second-order valence-electron chi connectivity index (χ2n) is 5.31. The van der Waals surface area contributed by atoms with Crippen molar-refractivity contribution >= 4 is 53.4 Å². The molecule has 0 saturated carbocycles. The van der Waals surface area contributed by atoms with Crippen LogP contribution < -0.4 is 0 Å². The zero-order chi connectivity index (χ0) is 19.8. The zero-order valence-electron chi connectivity index (χ0n) is 13.3. The van der Waals surface area contributed by atoms with E-state index in [9.17, 15) is 26.7 Å². The fraction of sp³-hybridized carbons (Fsp3) is 0. The Bertz CT molecular complexity index is 1300. The lowest BCUT2D eigenvalue weighted by Crippen LogP contribution is -2.05. The number of hydrogen-bond donors (Lipinski definition) is 2. The van der Waals surface area contributed by atoms with Crippen molar-refractivity contribution in [1.82, 2.24) is 4.98 Å². The van der Waals surface area contributed by atoms with Gasteiger partial charge in [-0.25, -0.2) is 4.98 Å². The van der Waals surface area contributed by atoms with Crippen molar-refractivity contribution < 1.29 is 25.9 Å². The average molecular weight is 422 g/mol. The smallest absolute Gasteiger partial charge is 0.282 e. The SMILES string of the molecule is N#C/C(=C\c1ccc(S(=O)(=O)O)cc1S(=O)(=O)O)c1nc2ccccc2s1. The summed E-state index contributed by atoms with van der Waals surface area (Å²) >= 11 is 1.22. The van der Waals surface area contributed by atoms with Crippen LogP contribution in [0.5, 0.6) is 0 Å². The van der Waals surface area contributed by atoms with Crippen molar-refractivity contribution in [3.8, 4) is 6.07 Å². The second kappa shape index (κ2) is 6.84. The highest BCUT2D eigenvalue weighted by atomic mass is 32.2. The zero-order valence-corrected chi connectivity index (χ0v) is 15.7. The van der Waals surface area contributed by atoms with Gasteiger partial charge in [-0.3, -0.25) is 9.11 Å². The van der Waals surface area contributed by atoms with Crippen molar-refractivity contribution in [2.24, 2.45) is 0 Å².